The molecule has 0 radical (unpaired) electrons. The molecule has 0 bridgehead atoms. The van der Waals surface area contributed by atoms with Gasteiger partial charge in [-0.15, -0.1) is 0 Å². The van der Waals surface area contributed by atoms with Gasteiger partial charge in [0.15, 0.2) is 0 Å². The van der Waals surface area contributed by atoms with Crippen LogP contribution < -0.4 is 5.73 Å². The summed E-state index contributed by atoms with van der Waals surface area (Å²) in [6.07, 6.45) is 2.76. The smallest absolute Gasteiger partial charge is 0.0802 e. The highest BCUT2D eigenvalue weighted by Gasteiger charge is 2.17. The van der Waals surface area contributed by atoms with Crippen LogP contribution in [0.3, 0.4) is 0 Å². The molecular formula is C14H22N2O. The van der Waals surface area contributed by atoms with E-state index in [0.29, 0.717) is 6.04 Å². The van der Waals surface area contributed by atoms with Crippen LogP contribution in [0.5, 0.6) is 0 Å². The van der Waals surface area contributed by atoms with E-state index < -0.39 is 0 Å². The van der Waals surface area contributed by atoms with E-state index in [2.05, 4.69) is 4.90 Å². The summed E-state index contributed by atoms with van der Waals surface area (Å²) in [5, 5.41) is 10.1. The minimum absolute atomic E-state index is 0.317. The number of piperidine rings is 1. The highest BCUT2D eigenvalue weighted by Crippen LogP contribution is 2.17. The maximum Gasteiger partial charge on any atom is 0.0802 e. The molecule has 2 rings (SSSR count). The van der Waals surface area contributed by atoms with Gasteiger partial charge in [-0.25, -0.2) is 0 Å². The first kappa shape index (κ1) is 12.6. The fraction of sp³-hybridized carbons (Fsp3) is 0.571. The first-order chi connectivity index (χ1) is 8.25. The highest BCUT2D eigenvalue weighted by molar-refractivity contribution is 5.17. The summed E-state index contributed by atoms with van der Waals surface area (Å²) < 4.78 is 0. The van der Waals surface area contributed by atoms with Gasteiger partial charge in [0.05, 0.1) is 6.10 Å². The van der Waals surface area contributed by atoms with E-state index in [0.717, 1.165) is 38.0 Å². The second-order valence-corrected chi connectivity index (χ2v) is 4.92. The number of hydrogen-bond acceptors (Lipinski definition) is 3. The molecule has 1 heterocycles. The average Bonchev–Trinajstić information content (AvgIpc) is 2.37. The van der Waals surface area contributed by atoms with Crippen molar-refractivity contribution < 1.29 is 5.11 Å². The molecule has 1 fully saturated rings. The SMILES string of the molecule is NC1CCCN(CC[C@@H](O)c2ccccc2)C1. The molecule has 3 nitrogen and oxygen atoms in total. The Hall–Kier alpha value is -0.900. The van der Waals surface area contributed by atoms with Gasteiger partial charge in [0.1, 0.15) is 0 Å². The number of aliphatic hydroxyl groups excluding tert-OH is 1. The van der Waals surface area contributed by atoms with Crippen molar-refractivity contribution in [1.82, 2.24) is 4.90 Å². The maximum absolute atomic E-state index is 10.1. The number of nitrogens with zero attached hydrogens (tertiary/aromatic N) is 1. The standard InChI is InChI=1S/C14H22N2O/c15-13-7-4-9-16(11-13)10-8-14(17)12-5-2-1-3-6-12/h1-3,5-6,13-14,17H,4,7-11,15H2/t13?,14-/m1/s1. The normalized spacial score (nSPS) is 23.5. The summed E-state index contributed by atoms with van der Waals surface area (Å²) >= 11 is 0. The van der Waals surface area contributed by atoms with Crippen LogP contribution in [0.25, 0.3) is 0 Å². The molecule has 3 N–H and O–H groups in total. The highest BCUT2D eigenvalue weighted by atomic mass is 16.3. The zero-order valence-corrected chi connectivity index (χ0v) is 10.3. The maximum atomic E-state index is 10.1. The molecule has 94 valence electrons. The van der Waals surface area contributed by atoms with Gasteiger partial charge in [0.2, 0.25) is 0 Å². The third-order valence-corrected chi connectivity index (χ3v) is 3.45. The van der Waals surface area contributed by atoms with Crippen LogP contribution in [0.15, 0.2) is 30.3 Å². The number of rotatable bonds is 4. The van der Waals surface area contributed by atoms with E-state index in [1.165, 1.54) is 6.42 Å². The molecule has 17 heavy (non-hydrogen) atoms. The molecule has 0 aliphatic carbocycles. The molecule has 1 aromatic carbocycles. The van der Waals surface area contributed by atoms with Gasteiger partial charge in [0.25, 0.3) is 0 Å². The monoisotopic (exact) mass is 234 g/mol. The van der Waals surface area contributed by atoms with Gasteiger partial charge in [-0.3, -0.25) is 0 Å². The summed E-state index contributed by atoms with van der Waals surface area (Å²) in [7, 11) is 0. The van der Waals surface area contributed by atoms with Gasteiger partial charge in [-0.05, 0) is 31.4 Å². The Morgan fingerprint density at radius 3 is 2.82 bits per heavy atom. The van der Waals surface area contributed by atoms with Crippen molar-refractivity contribution in [3.05, 3.63) is 35.9 Å². The van der Waals surface area contributed by atoms with Crippen molar-refractivity contribution in [1.29, 1.82) is 0 Å². The Bertz CT molecular complexity index is 328. The number of likely N-dealkylation sites (tertiary alicyclic amines) is 1. The second kappa shape index (κ2) is 6.15. The average molecular weight is 234 g/mol. The van der Waals surface area contributed by atoms with Crippen LogP contribution in [-0.2, 0) is 0 Å². The molecule has 1 unspecified atom stereocenters. The van der Waals surface area contributed by atoms with Crippen LogP contribution in [0.4, 0.5) is 0 Å². The van der Waals surface area contributed by atoms with Crippen LogP contribution in [-0.4, -0.2) is 35.7 Å². The first-order valence-corrected chi connectivity index (χ1v) is 6.46. The van der Waals surface area contributed by atoms with Gasteiger partial charge < -0.3 is 15.7 Å². The Balaban J connectivity index is 1.78. The molecule has 2 atom stereocenters. The van der Waals surface area contributed by atoms with E-state index in [4.69, 9.17) is 5.73 Å². The molecule has 1 aromatic rings. The Morgan fingerprint density at radius 2 is 2.12 bits per heavy atom. The van der Waals surface area contributed by atoms with Gasteiger partial charge in [-0.1, -0.05) is 30.3 Å². The van der Waals surface area contributed by atoms with E-state index in [-0.39, 0.29) is 6.10 Å². The zero-order valence-electron chi connectivity index (χ0n) is 10.3. The van der Waals surface area contributed by atoms with E-state index in [1.54, 1.807) is 0 Å². The lowest BCUT2D eigenvalue weighted by Gasteiger charge is -2.31. The molecule has 0 saturated carbocycles. The fourth-order valence-corrected chi connectivity index (χ4v) is 2.44. The third-order valence-electron chi connectivity index (χ3n) is 3.45. The lowest BCUT2D eigenvalue weighted by Crippen LogP contribution is -2.43. The zero-order chi connectivity index (χ0) is 12.1. The van der Waals surface area contributed by atoms with Crippen molar-refractivity contribution in [2.45, 2.75) is 31.4 Å². The molecule has 0 amide bonds. The molecule has 1 aliphatic heterocycles. The van der Waals surface area contributed by atoms with Crippen molar-refractivity contribution in [2.75, 3.05) is 19.6 Å². The Morgan fingerprint density at radius 1 is 1.35 bits per heavy atom. The van der Waals surface area contributed by atoms with Crippen LogP contribution in [0.1, 0.15) is 30.9 Å². The number of nitrogens with two attached hydrogens (primary N) is 1. The summed E-state index contributed by atoms with van der Waals surface area (Å²) in [5.41, 5.74) is 6.95. The quantitative estimate of drug-likeness (QED) is 0.830. The molecular weight excluding hydrogens is 212 g/mol. The molecule has 1 aliphatic rings. The van der Waals surface area contributed by atoms with E-state index in [9.17, 15) is 5.11 Å². The first-order valence-electron chi connectivity index (χ1n) is 6.46. The molecule has 3 heteroatoms. The van der Waals surface area contributed by atoms with Crippen molar-refractivity contribution in [3.8, 4) is 0 Å². The van der Waals surface area contributed by atoms with Gasteiger partial charge >= 0.3 is 0 Å². The number of aliphatic hydroxyl groups is 1. The fourth-order valence-electron chi connectivity index (χ4n) is 2.44. The molecule has 1 saturated heterocycles. The van der Waals surface area contributed by atoms with Crippen LogP contribution >= 0.6 is 0 Å². The molecule has 0 aromatic heterocycles. The van der Waals surface area contributed by atoms with E-state index >= 15 is 0 Å². The lowest BCUT2D eigenvalue weighted by molar-refractivity contribution is 0.129. The second-order valence-electron chi connectivity index (χ2n) is 4.92. The minimum atomic E-state index is -0.352. The van der Waals surface area contributed by atoms with Crippen molar-refractivity contribution in [2.24, 2.45) is 5.73 Å². The Kier molecular flexibility index (Phi) is 4.54. The molecule has 0 spiro atoms. The number of benzene rings is 1. The topological polar surface area (TPSA) is 49.5 Å². The predicted octanol–water partition coefficient (Wildman–Crippen LogP) is 1.53. The summed E-state index contributed by atoms with van der Waals surface area (Å²) in [4.78, 5) is 2.36. The van der Waals surface area contributed by atoms with Crippen molar-refractivity contribution >= 4 is 0 Å². The summed E-state index contributed by atoms with van der Waals surface area (Å²) in [6, 6.07) is 10.2. The minimum Gasteiger partial charge on any atom is -0.388 e. The predicted molar refractivity (Wildman–Crippen MR) is 69.7 cm³/mol. The van der Waals surface area contributed by atoms with Crippen LogP contribution in [0.2, 0.25) is 0 Å². The summed E-state index contributed by atoms with van der Waals surface area (Å²) in [6.45, 7) is 3.03. The van der Waals surface area contributed by atoms with E-state index in [1.807, 2.05) is 30.3 Å². The lowest BCUT2D eigenvalue weighted by atomic mass is 10.0. The van der Waals surface area contributed by atoms with Crippen molar-refractivity contribution in [3.63, 3.8) is 0 Å². The van der Waals surface area contributed by atoms with Gasteiger partial charge in [0, 0.05) is 19.1 Å². The number of hydrogen-bond donors (Lipinski definition) is 2. The largest absolute Gasteiger partial charge is 0.388 e. The summed E-state index contributed by atoms with van der Waals surface area (Å²) in [5.74, 6) is 0. The van der Waals surface area contributed by atoms with Crippen LogP contribution in [0, 0.1) is 0 Å². The Labute approximate surface area is 103 Å². The van der Waals surface area contributed by atoms with Gasteiger partial charge in [-0.2, -0.15) is 0 Å². The third kappa shape index (κ3) is 3.80.